The number of hydrogen-bond acceptors (Lipinski definition) is 2. The van der Waals surface area contributed by atoms with Crippen molar-refractivity contribution in [2.24, 2.45) is 0 Å². The zero-order valence-electron chi connectivity index (χ0n) is 5.38. The van der Waals surface area contributed by atoms with E-state index in [4.69, 9.17) is 11.6 Å². The molecule has 10 heavy (non-hydrogen) atoms. The molecule has 0 aliphatic heterocycles. The SMILES string of the molecule is CC(Cl)c1cnc(F)nc1. The van der Waals surface area contributed by atoms with E-state index in [0.29, 0.717) is 0 Å². The first-order chi connectivity index (χ1) is 4.70. The molecule has 54 valence electrons. The molecule has 0 saturated carbocycles. The lowest BCUT2D eigenvalue weighted by Gasteiger charge is -1.98. The fraction of sp³-hybridized carbons (Fsp3) is 0.333. The van der Waals surface area contributed by atoms with Gasteiger partial charge in [0.15, 0.2) is 0 Å². The number of halogens is 2. The van der Waals surface area contributed by atoms with Gasteiger partial charge in [0.2, 0.25) is 0 Å². The Morgan fingerprint density at radius 2 is 2.00 bits per heavy atom. The molecule has 0 aliphatic rings. The molecule has 1 rings (SSSR count). The van der Waals surface area contributed by atoms with Gasteiger partial charge in [-0.2, -0.15) is 4.39 Å². The molecule has 1 heterocycles. The van der Waals surface area contributed by atoms with Crippen LogP contribution in [-0.2, 0) is 0 Å². The van der Waals surface area contributed by atoms with Gasteiger partial charge in [-0.1, -0.05) is 0 Å². The zero-order valence-corrected chi connectivity index (χ0v) is 6.14. The quantitative estimate of drug-likeness (QED) is 0.463. The zero-order chi connectivity index (χ0) is 7.56. The van der Waals surface area contributed by atoms with E-state index < -0.39 is 6.08 Å². The molecule has 0 bridgehead atoms. The summed E-state index contributed by atoms with van der Waals surface area (Å²) in [5, 5.41) is -0.166. The van der Waals surface area contributed by atoms with E-state index in [9.17, 15) is 4.39 Å². The van der Waals surface area contributed by atoms with Crippen LogP contribution < -0.4 is 0 Å². The molecule has 0 aliphatic carbocycles. The first-order valence-electron chi connectivity index (χ1n) is 2.81. The number of alkyl halides is 1. The normalized spacial score (nSPS) is 13.1. The second kappa shape index (κ2) is 2.92. The highest BCUT2D eigenvalue weighted by atomic mass is 35.5. The van der Waals surface area contributed by atoms with Crippen LogP contribution in [0.15, 0.2) is 12.4 Å². The molecule has 0 fully saturated rings. The molecule has 1 atom stereocenters. The molecule has 0 spiro atoms. The second-order valence-corrected chi connectivity index (χ2v) is 2.56. The summed E-state index contributed by atoms with van der Waals surface area (Å²) in [4.78, 5) is 6.68. The average Bonchev–Trinajstić information content (AvgIpc) is 1.88. The Bertz CT molecular complexity index is 209. The highest BCUT2D eigenvalue weighted by Gasteiger charge is 2.01. The van der Waals surface area contributed by atoms with Crippen LogP contribution >= 0.6 is 11.6 Å². The van der Waals surface area contributed by atoms with Crippen LogP contribution in [0.2, 0.25) is 0 Å². The molecule has 1 aromatic rings. The number of aromatic nitrogens is 2. The standard InChI is InChI=1S/C6H6ClFN2/c1-4(7)5-2-9-6(8)10-3-5/h2-4H,1H3. The lowest BCUT2D eigenvalue weighted by atomic mass is 10.3. The average molecular weight is 161 g/mol. The van der Waals surface area contributed by atoms with Crippen LogP contribution in [0.3, 0.4) is 0 Å². The summed E-state index contributed by atoms with van der Waals surface area (Å²) in [6, 6.07) is 0. The number of rotatable bonds is 1. The molecule has 0 amide bonds. The van der Waals surface area contributed by atoms with Crippen LogP contribution in [0, 0.1) is 6.08 Å². The van der Waals surface area contributed by atoms with E-state index in [1.165, 1.54) is 12.4 Å². The van der Waals surface area contributed by atoms with Gasteiger partial charge < -0.3 is 0 Å². The Kier molecular flexibility index (Phi) is 2.17. The van der Waals surface area contributed by atoms with E-state index in [2.05, 4.69) is 9.97 Å². The van der Waals surface area contributed by atoms with Gasteiger partial charge >= 0.3 is 6.08 Å². The van der Waals surface area contributed by atoms with Crippen LogP contribution in [0.4, 0.5) is 4.39 Å². The van der Waals surface area contributed by atoms with E-state index >= 15 is 0 Å². The number of hydrogen-bond donors (Lipinski definition) is 0. The maximum atomic E-state index is 12.1. The molecule has 0 aromatic carbocycles. The Morgan fingerprint density at radius 1 is 1.50 bits per heavy atom. The van der Waals surface area contributed by atoms with Crippen molar-refractivity contribution in [3.05, 3.63) is 24.0 Å². The molecule has 0 radical (unpaired) electrons. The lowest BCUT2D eigenvalue weighted by Crippen LogP contribution is -1.91. The molecule has 1 aromatic heterocycles. The Morgan fingerprint density at radius 3 is 2.40 bits per heavy atom. The van der Waals surface area contributed by atoms with Gasteiger partial charge in [0.1, 0.15) is 0 Å². The lowest BCUT2D eigenvalue weighted by molar-refractivity contribution is 0.536. The summed E-state index contributed by atoms with van der Waals surface area (Å²) < 4.78 is 12.1. The first-order valence-corrected chi connectivity index (χ1v) is 3.25. The summed E-state index contributed by atoms with van der Waals surface area (Å²) >= 11 is 5.65. The van der Waals surface area contributed by atoms with E-state index in [1.807, 2.05) is 0 Å². The van der Waals surface area contributed by atoms with Crippen molar-refractivity contribution in [1.82, 2.24) is 9.97 Å². The molecular formula is C6H6ClFN2. The van der Waals surface area contributed by atoms with Crippen molar-refractivity contribution in [2.75, 3.05) is 0 Å². The minimum Gasteiger partial charge on any atom is -0.210 e. The first kappa shape index (κ1) is 7.41. The van der Waals surface area contributed by atoms with Crippen molar-refractivity contribution < 1.29 is 4.39 Å². The highest BCUT2D eigenvalue weighted by Crippen LogP contribution is 2.16. The van der Waals surface area contributed by atoms with E-state index in [0.717, 1.165) is 5.56 Å². The predicted octanol–water partition coefficient (Wildman–Crippen LogP) is 1.92. The van der Waals surface area contributed by atoms with Gasteiger partial charge in [-0.3, -0.25) is 0 Å². The van der Waals surface area contributed by atoms with Crippen molar-refractivity contribution in [2.45, 2.75) is 12.3 Å². The van der Waals surface area contributed by atoms with Crippen molar-refractivity contribution in [1.29, 1.82) is 0 Å². The highest BCUT2D eigenvalue weighted by molar-refractivity contribution is 6.20. The Labute approximate surface area is 63.1 Å². The van der Waals surface area contributed by atoms with Crippen molar-refractivity contribution >= 4 is 11.6 Å². The molecule has 0 saturated heterocycles. The summed E-state index contributed by atoms with van der Waals surface area (Å²) in [5.41, 5.74) is 0.725. The third kappa shape index (κ3) is 1.64. The fourth-order valence-electron chi connectivity index (χ4n) is 0.528. The van der Waals surface area contributed by atoms with Gasteiger partial charge in [0.25, 0.3) is 0 Å². The van der Waals surface area contributed by atoms with E-state index in [1.54, 1.807) is 6.92 Å². The molecule has 0 N–H and O–H groups in total. The molecule has 2 nitrogen and oxygen atoms in total. The summed E-state index contributed by atoms with van der Waals surface area (Å²) in [7, 11) is 0. The van der Waals surface area contributed by atoms with Crippen LogP contribution in [0.5, 0.6) is 0 Å². The number of nitrogens with zero attached hydrogens (tertiary/aromatic N) is 2. The van der Waals surface area contributed by atoms with Gasteiger partial charge in [-0.05, 0) is 6.92 Å². The smallest absolute Gasteiger partial charge is 0.210 e. The Balaban J connectivity index is 2.89. The topological polar surface area (TPSA) is 25.8 Å². The van der Waals surface area contributed by atoms with Crippen molar-refractivity contribution in [3.63, 3.8) is 0 Å². The fourth-order valence-corrected chi connectivity index (χ4v) is 0.640. The van der Waals surface area contributed by atoms with E-state index in [-0.39, 0.29) is 5.38 Å². The van der Waals surface area contributed by atoms with Crippen LogP contribution in [0.1, 0.15) is 17.9 Å². The largest absolute Gasteiger partial charge is 0.308 e. The molecule has 1 unspecified atom stereocenters. The van der Waals surface area contributed by atoms with Crippen LogP contribution in [-0.4, -0.2) is 9.97 Å². The Hall–Kier alpha value is -0.700. The van der Waals surface area contributed by atoms with Gasteiger partial charge in [-0.15, -0.1) is 11.6 Å². The summed E-state index contributed by atoms with van der Waals surface area (Å²) in [5.74, 6) is 0. The molecular weight excluding hydrogens is 155 g/mol. The van der Waals surface area contributed by atoms with Gasteiger partial charge in [-0.25, -0.2) is 9.97 Å². The molecule has 4 heteroatoms. The minimum atomic E-state index is -0.721. The third-order valence-corrected chi connectivity index (χ3v) is 1.35. The summed E-state index contributed by atoms with van der Waals surface area (Å²) in [6.45, 7) is 1.78. The summed E-state index contributed by atoms with van der Waals surface area (Å²) in [6.07, 6.45) is 2.03. The third-order valence-electron chi connectivity index (χ3n) is 1.10. The van der Waals surface area contributed by atoms with Crippen LogP contribution in [0.25, 0.3) is 0 Å². The second-order valence-electron chi connectivity index (χ2n) is 1.90. The predicted molar refractivity (Wildman–Crippen MR) is 36.3 cm³/mol. The van der Waals surface area contributed by atoms with Gasteiger partial charge in [0, 0.05) is 18.0 Å². The maximum Gasteiger partial charge on any atom is 0.308 e. The van der Waals surface area contributed by atoms with Crippen molar-refractivity contribution in [3.8, 4) is 0 Å². The van der Waals surface area contributed by atoms with Gasteiger partial charge in [0.05, 0.1) is 5.38 Å². The maximum absolute atomic E-state index is 12.1. The monoisotopic (exact) mass is 160 g/mol. The minimum absolute atomic E-state index is 0.166.